The van der Waals surface area contributed by atoms with Crippen molar-refractivity contribution >= 4 is 17.5 Å². The zero-order valence-corrected chi connectivity index (χ0v) is 16.1. The fourth-order valence-corrected chi connectivity index (χ4v) is 3.05. The molecule has 0 aliphatic heterocycles. The van der Waals surface area contributed by atoms with Crippen LogP contribution in [0.25, 0.3) is 0 Å². The fourth-order valence-electron chi connectivity index (χ4n) is 3.05. The summed E-state index contributed by atoms with van der Waals surface area (Å²) in [6.45, 7) is 7.72. The van der Waals surface area contributed by atoms with Gasteiger partial charge in [-0.1, -0.05) is 35.9 Å². The molecule has 0 heterocycles. The number of nitrogens with one attached hydrogen (secondary N) is 1. The maximum Gasteiger partial charge on any atom is 0.244 e. The van der Waals surface area contributed by atoms with E-state index >= 15 is 0 Å². The summed E-state index contributed by atoms with van der Waals surface area (Å²) in [6, 6.07) is 11.5. The average molecular weight is 354 g/mol. The second-order valence-corrected chi connectivity index (χ2v) is 6.51. The molecule has 2 aromatic rings. The van der Waals surface area contributed by atoms with Gasteiger partial charge in [0, 0.05) is 24.7 Å². The van der Waals surface area contributed by atoms with E-state index in [1.54, 1.807) is 7.11 Å². The lowest BCUT2D eigenvalue weighted by Gasteiger charge is -2.22. The molecule has 1 N–H and O–H groups in total. The number of carbonyl (C=O) groups excluding carboxylic acids is 2. The number of ether oxygens (including phenoxy) is 1. The van der Waals surface area contributed by atoms with Crippen LogP contribution < -0.4 is 10.1 Å². The number of benzene rings is 2. The summed E-state index contributed by atoms with van der Waals surface area (Å²) in [7, 11) is 1.59. The highest BCUT2D eigenvalue weighted by Gasteiger charge is 2.17. The molecular formula is C21H26N2O3. The summed E-state index contributed by atoms with van der Waals surface area (Å²) in [5, 5.41) is 2.94. The molecule has 138 valence electrons. The Morgan fingerprint density at radius 3 is 2.27 bits per heavy atom. The molecule has 0 aliphatic carbocycles. The van der Waals surface area contributed by atoms with Crippen LogP contribution in [0.4, 0.5) is 5.69 Å². The van der Waals surface area contributed by atoms with Gasteiger partial charge in [0.05, 0.1) is 7.11 Å². The highest BCUT2D eigenvalue weighted by molar-refractivity contribution is 5.95. The van der Waals surface area contributed by atoms with Gasteiger partial charge in [-0.25, -0.2) is 0 Å². The third-order valence-electron chi connectivity index (χ3n) is 4.27. The molecule has 0 aromatic heterocycles. The third-order valence-corrected chi connectivity index (χ3v) is 4.27. The van der Waals surface area contributed by atoms with Gasteiger partial charge in [0.1, 0.15) is 12.3 Å². The summed E-state index contributed by atoms with van der Waals surface area (Å²) < 4.78 is 5.33. The molecule has 0 bridgehead atoms. The Hall–Kier alpha value is -2.82. The quantitative estimate of drug-likeness (QED) is 0.862. The van der Waals surface area contributed by atoms with Crippen LogP contribution in [0.15, 0.2) is 36.4 Å². The van der Waals surface area contributed by atoms with Crippen molar-refractivity contribution in [2.75, 3.05) is 19.0 Å². The van der Waals surface area contributed by atoms with Crippen molar-refractivity contribution < 1.29 is 14.3 Å². The zero-order chi connectivity index (χ0) is 19.3. The SMILES string of the molecule is COc1ccccc1CN(CC(=O)Nc1c(C)cc(C)cc1C)C(C)=O. The van der Waals surface area contributed by atoms with Crippen molar-refractivity contribution in [1.82, 2.24) is 4.90 Å². The van der Waals surface area contributed by atoms with Crippen molar-refractivity contribution in [2.24, 2.45) is 0 Å². The molecule has 2 aromatic carbocycles. The molecule has 0 aliphatic rings. The first-order chi connectivity index (χ1) is 12.3. The van der Waals surface area contributed by atoms with E-state index in [-0.39, 0.29) is 18.4 Å². The van der Waals surface area contributed by atoms with Gasteiger partial charge in [0.2, 0.25) is 11.8 Å². The minimum Gasteiger partial charge on any atom is -0.496 e. The van der Waals surface area contributed by atoms with Gasteiger partial charge in [0.25, 0.3) is 0 Å². The first-order valence-corrected chi connectivity index (χ1v) is 8.57. The van der Waals surface area contributed by atoms with Gasteiger partial charge in [-0.3, -0.25) is 9.59 Å². The molecule has 2 amide bonds. The fraction of sp³-hybridized carbons (Fsp3) is 0.333. The number of aryl methyl sites for hydroxylation is 3. The van der Waals surface area contributed by atoms with Gasteiger partial charge in [-0.15, -0.1) is 0 Å². The number of hydrogen-bond donors (Lipinski definition) is 1. The van der Waals surface area contributed by atoms with E-state index in [1.165, 1.54) is 11.8 Å². The Morgan fingerprint density at radius 1 is 1.08 bits per heavy atom. The maximum atomic E-state index is 12.5. The van der Waals surface area contributed by atoms with Crippen LogP contribution in [0.2, 0.25) is 0 Å². The monoisotopic (exact) mass is 354 g/mol. The van der Waals surface area contributed by atoms with Crippen LogP contribution >= 0.6 is 0 Å². The van der Waals surface area contributed by atoms with Crippen LogP contribution in [0.3, 0.4) is 0 Å². The summed E-state index contributed by atoms with van der Waals surface area (Å²) in [5.74, 6) is 0.318. The zero-order valence-electron chi connectivity index (χ0n) is 16.1. The average Bonchev–Trinajstić information content (AvgIpc) is 2.57. The van der Waals surface area contributed by atoms with Gasteiger partial charge in [-0.2, -0.15) is 0 Å². The lowest BCUT2D eigenvalue weighted by atomic mass is 10.1. The first-order valence-electron chi connectivity index (χ1n) is 8.57. The molecular weight excluding hydrogens is 328 g/mol. The topological polar surface area (TPSA) is 58.6 Å². The molecule has 5 nitrogen and oxygen atoms in total. The number of hydrogen-bond acceptors (Lipinski definition) is 3. The molecule has 26 heavy (non-hydrogen) atoms. The van der Waals surface area contributed by atoms with Crippen LogP contribution in [0.1, 0.15) is 29.2 Å². The van der Waals surface area contributed by atoms with E-state index in [2.05, 4.69) is 5.32 Å². The summed E-state index contributed by atoms with van der Waals surface area (Å²) in [5.41, 5.74) is 4.84. The minimum absolute atomic E-state index is 0.0138. The number of rotatable bonds is 6. The van der Waals surface area contributed by atoms with E-state index in [1.807, 2.05) is 57.2 Å². The molecule has 0 saturated heterocycles. The summed E-state index contributed by atoms with van der Waals surface area (Å²) >= 11 is 0. The second-order valence-electron chi connectivity index (χ2n) is 6.51. The highest BCUT2D eigenvalue weighted by Crippen LogP contribution is 2.22. The number of anilines is 1. The van der Waals surface area contributed by atoms with Crippen molar-refractivity contribution in [2.45, 2.75) is 34.2 Å². The molecule has 0 fully saturated rings. The van der Waals surface area contributed by atoms with Gasteiger partial charge in [-0.05, 0) is 38.0 Å². The van der Waals surface area contributed by atoms with Crippen molar-refractivity contribution in [3.8, 4) is 5.75 Å². The lowest BCUT2D eigenvalue weighted by molar-refractivity contribution is -0.133. The largest absolute Gasteiger partial charge is 0.496 e. The number of carbonyl (C=O) groups is 2. The molecule has 0 saturated carbocycles. The second kappa shape index (κ2) is 8.52. The van der Waals surface area contributed by atoms with Crippen LogP contribution in [-0.2, 0) is 16.1 Å². The van der Waals surface area contributed by atoms with Crippen molar-refractivity contribution in [1.29, 1.82) is 0 Å². The predicted molar refractivity (Wildman–Crippen MR) is 103 cm³/mol. The molecule has 0 unspecified atom stereocenters. The molecule has 5 heteroatoms. The third kappa shape index (κ3) is 4.85. The summed E-state index contributed by atoms with van der Waals surface area (Å²) in [6.07, 6.45) is 0. The Balaban J connectivity index is 2.13. The van der Waals surface area contributed by atoms with E-state index in [0.29, 0.717) is 12.3 Å². The van der Waals surface area contributed by atoms with Gasteiger partial charge < -0.3 is 15.0 Å². The van der Waals surface area contributed by atoms with E-state index < -0.39 is 0 Å². The van der Waals surface area contributed by atoms with Gasteiger partial charge in [0.15, 0.2) is 0 Å². The minimum atomic E-state index is -0.217. The standard InChI is InChI=1S/C21H26N2O3/c1-14-10-15(2)21(16(3)11-14)22-20(25)13-23(17(4)24)12-18-8-6-7-9-19(18)26-5/h6-11H,12-13H2,1-5H3,(H,22,25). The Kier molecular flexibility index (Phi) is 6.39. The maximum absolute atomic E-state index is 12.5. The number of para-hydroxylation sites is 1. The lowest BCUT2D eigenvalue weighted by Crippen LogP contribution is -2.36. The van der Waals surface area contributed by atoms with Crippen molar-refractivity contribution in [3.05, 3.63) is 58.7 Å². The smallest absolute Gasteiger partial charge is 0.244 e. The summed E-state index contributed by atoms with van der Waals surface area (Å²) in [4.78, 5) is 26.1. The normalized spacial score (nSPS) is 10.3. The van der Waals surface area contributed by atoms with Crippen molar-refractivity contribution in [3.63, 3.8) is 0 Å². The Bertz CT molecular complexity index is 792. The Morgan fingerprint density at radius 2 is 1.69 bits per heavy atom. The Labute approximate surface area is 155 Å². The number of nitrogens with zero attached hydrogens (tertiary/aromatic N) is 1. The number of amides is 2. The molecule has 0 spiro atoms. The molecule has 0 radical (unpaired) electrons. The highest BCUT2D eigenvalue weighted by atomic mass is 16.5. The predicted octanol–water partition coefficient (Wildman–Crippen LogP) is 3.61. The molecule has 0 atom stereocenters. The van der Waals surface area contributed by atoms with Crippen LogP contribution in [0.5, 0.6) is 5.75 Å². The van der Waals surface area contributed by atoms with Crippen LogP contribution in [0, 0.1) is 20.8 Å². The molecule has 2 rings (SSSR count). The first kappa shape index (κ1) is 19.5. The van der Waals surface area contributed by atoms with E-state index in [9.17, 15) is 9.59 Å². The van der Waals surface area contributed by atoms with E-state index in [0.717, 1.165) is 27.9 Å². The van der Waals surface area contributed by atoms with Gasteiger partial charge >= 0.3 is 0 Å². The number of methoxy groups -OCH3 is 1. The van der Waals surface area contributed by atoms with E-state index in [4.69, 9.17) is 4.74 Å². The van der Waals surface area contributed by atoms with Crippen LogP contribution in [-0.4, -0.2) is 30.4 Å².